The second-order valence-electron chi connectivity index (χ2n) is 8.14. The van der Waals surface area contributed by atoms with Gasteiger partial charge < -0.3 is 14.6 Å². The Labute approximate surface area is 177 Å². The highest BCUT2D eigenvalue weighted by molar-refractivity contribution is 6.11. The number of carbonyl (C=O) groups excluding carboxylic acids is 3. The van der Waals surface area contributed by atoms with Gasteiger partial charge >= 0.3 is 6.03 Å². The number of hydrogen-bond acceptors (Lipinski definition) is 4. The molecule has 0 radical (unpaired) electrons. The van der Waals surface area contributed by atoms with Gasteiger partial charge in [-0.05, 0) is 51.8 Å². The van der Waals surface area contributed by atoms with Crippen LogP contribution >= 0.6 is 0 Å². The highest BCUT2D eigenvalue weighted by Gasteiger charge is 2.50. The van der Waals surface area contributed by atoms with Gasteiger partial charge in [-0.2, -0.15) is 0 Å². The molecule has 1 aromatic carbocycles. The number of ether oxygens (including phenoxy) is 1. The molecule has 0 spiro atoms. The number of carbonyl (C=O) groups is 3. The van der Waals surface area contributed by atoms with Crippen LogP contribution in [0.5, 0.6) is 0 Å². The van der Waals surface area contributed by atoms with Crippen molar-refractivity contribution in [2.24, 2.45) is 0 Å². The summed E-state index contributed by atoms with van der Waals surface area (Å²) in [4.78, 5) is 39.9. The standard InChI is InChI=1S/C23H29N3O4/c1-14-9-7-8-10-19(14)23(5)21(28)25(22(29)24-23)12-20(27)18-11-15(2)26(17(18)4)16(3)13-30-6/h7-11,16H,12-13H2,1-6H3,(H,24,29). The third-order valence-corrected chi connectivity index (χ3v) is 5.89. The maximum atomic E-state index is 13.2. The lowest BCUT2D eigenvalue weighted by molar-refractivity contribution is -0.130. The van der Waals surface area contributed by atoms with Crippen LogP contribution in [0.25, 0.3) is 0 Å². The molecule has 7 nitrogen and oxygen atoms in total. The number of urea groups is 1. The molecular formula is C23H29N3O4. The molecule has 1 aromatic heterocycles. The van der Waals surface area contributed by atoms with Gasteiger partial charge in [-0.3, -0.25) is 14.5 Å². The Morgan fingerprint density at radius 1 is 1.20 bits per heavy atom. The maximum Gasteiger partial charge on any atom is 0.325 e. The van der Waals surface area contributed by atoms with Crippen LogP contribution in [-0.4, -0.2) is 47.4 Å². The second-order valence-corrected chi connectivity index (χ2v) is 8.14. The van der Waals surface area contributed by atoms with E-state index in [-0.39, 0.29) is 18.4 Å². The van der Waals surface area contributed by atoms with Crippen molar-refractivity contribution in [1.82, 2.24) is 14.8 Å². The van der Waals surface area contributed by atoms with Crippen molar-refractivity contribution >= 4 is 17.7 Å². The highest BCUT2D eigenvalue weighted by Crippen LogP contribution is 2.31. The number of aromatic nitrogens is 1. The van der Waals surface area contributed by atoms with Crippen LogP contribution in [0.1, 0.15) is 52.8 Å². The molecular weight excluding hydrogens is 382 g/mol. The van der Waals surface area contributed by atoms with E-state index < -0.39 is 17.5 Å². The summed E-state index contributed by atoms with van der Waals surface area (Å²) >= 11 is 0. The Balaban J connectivity index is 1.86. The molecule has 1 saturated heterocycles. The number of benzene rings is 1. The van der Waals surface area contributed by atoms with Gasteiger partial charge in [0.2, 0.25) is 0 Å². The van der Waals surface area contributed by atoms with E-state index in [1.165, 1.54) is 0 Å². The SMILES string of the molecule is COCC(C)n1c(C)cc(C(=O)CN2C(=O)NC(C)(c3ccccc3C)C2=O)c1C. The van der Waals surface area contributed by atoms with E-state index in [0.717, 1.165) is 27.4 Å². The molecule has 1 aliphatic rings. The minimum Gasteiger partial charge on any atom is -0.383 e. The molecule has 30 heavy (non-hydrogen) atoms. The molecule has 2 heterocycles. The molecule has 1 aliphatic heterocycles. The zero-order chi connectivity index (χ0) is 22.2. The predicted molar refractivity (Wildman–Crippen MR) is 114 cm³/mol. The molecule has 0 aliphatic carbocycles. The molecule has 0 bridgehead atoms. The number of hydrogen-bond donors (Lipinski definition) is 1. The fourth-order valence-electron chi connectivity index (χ4n) is 4.44. The van der Waals surface area contributed by atoms with Crippen molar-refractivity contribution in [2.45, 2.75) is 46.2 Å². The molecule has 3 rings (SSSR count). The Morgan fingerprint density at radius 2 is 1.87 bits per heavy atom. The topological polar surface area (TPSA) is 80.6 Å². The van der Waals surface area contributed by atoms with Crippen molar-refractivity contribution in [3.8, 4) is 0 Å². The lowest BCUT2D eigenvalue weighted by Crippen LogP contribution is -2.42. The van der Waals surface area contributed by atoms with E-state index in [9.17, 15) is 14.4 Å². The number of nitrogens with zero attached hydrogens (tertiary/aromatic N) is 2. The van der Waals surface area contributed by atoms with Gasteiger partial charge in [0, 0.05) is 24.1 Å². The van der Waals surface area contributed by atoms with E-state index in [2.05, 4.69) is 5.32 Å². The molecule has 2 atom stereocenters. The fourth-order valence-corrected chi connectivity index (χ4v) is 4.44. The number of imide groups is 1. The Morgan fingerprint density at radius 3 is 2.50 bits per heavy atom. The molecule has 160 valence electrons. The summed E-state index contributed by atoms with van der Waals surface area (Å²) in [5, 5.41) is 2.77. The largest absolute Gasteiger partial charge is 0.383 e. The van der Waals surface area contributed by atoms with Gasteiger partial charge in [0.05, 0.1) is 19.2 Å². The smallest absolute Gasteiger partial charge is 0.325 e. The minimum atomic E-state index is -1.19. The molecule has 3 amide bonds. The first-order valence-corrected chi connectivity index (χ1v) is 10.0. The summed E-state index contributed by atoms with van der Waals surface area (Å²) in [6.07, 6.45) is 0. The summed E-state index contributed by atoms with van der Waals surface area (Å²) in [6, 6.07) is 8.75. The maximum absolute atomic E-state index is 13.2. The first kappa shape index (κ1) is 21.8. The van der Waals surface area contributed by atoms with Crippen LogP contribution in [-0.2, 0) is 15.1 Å². The summed E-state index contributed by atoms with van der Waals surface area (Å²) in [5.74, 6) is -0.687. The van der Waals surface area contributed by atoms with Gasteiger partial charge in [-0.1, -0.05) is 24.3 Å². The van der Waals surface area contributed by atoms with Crippen molar-refractivity contribution < 1.29 is 19.1 Å². The average Bonchev–Trinajstić information content (AvgIpc) is 3.10. The number of aryl methyl sites for hydroxylation is 2. The van der Waals surface area contributed by atoms with Gasteiger partial charge in [0.25, 0.3) is 5.91 Å². The van der Waals surface area contributed by atoms with Crippen LogP contribution in [0, 0.1) is 20.8 Å². The highest BCUT2D eigenvalue weighted by atomic mass is 16.5. The summed E-state index contributed by atoms with van der Waals surface area (Å²) < 4.78 is 7.28. The minimum absolute atomic E-state index is 0.0672. The van der Waals surface area contributed by atoms with Crippen LogP contribution in [0.3, 0.4) is 0 Å². The van der Waals surface area contributed by atoms with Gasteiger partial charge in [-0.25, -0.2) is 4.79 Å². The normalized spacial score (nSPS) is 19.9. The van der Waals surface area contributed by atoms with Crippen LogP contribution in [0.4, 0.5) is 4.79 Å². The van der Waals surface area contributed by atoms with Gasteiger partial charge in [-0.15, -0.1) is 0 Å². The number of rotatable bonds is 7. The van der Waals surface area contributed by atoms with Crippen LogP contribution < -0.4 is 5.32 Å². The van der Waals surface area contributed by atoms with E-state index in [1.807, 2.05) is 62.6 Å². The molecule has 1 N–H and O–H groups in total. The van der Waals surface area contributed by atoms with Gasteiger partial charge in [0.15, 0.2) is 5.78 Å². The van der Waals surface area contributed by atoms with E-state index in [1.54, 1.807) is 14.0 Å². The molecule has 7 heteroatoms. The average molecular weight is 412 g/mol. The number of nitrogens with one attached hydrogen (secondary N) is 1. The number of ketones is 1. The quantitative estimate of drug-likeness (QED) is 0.560. The molecule has 2 unspecified atom stereocenters. The van der Waals surface area contributed by atoms with Gasteiger partial charge in [0.1, 0.15) is 5.54 Å². The summed E-state index contributed by atoms with van der Waals surface area (Å²) in [6.45, 7) is 9.61. The van der Waals surface area contributed by atoms with Crippen molar-refractivity contribution in [3.05, 3.63) is 58.4 Å². The first-order valence-electron chi connectivity index (χ1n) is 10.0. The Bertz CT molecular complexity index is 1010. The number of amides is 3. The summed E-state index contributed by atoms with van der Waals surface area (Å²) in [7, 11) is 1.64. The zero-order valence-corrected chi connectivity index (χ0v) is 18.4. The van der Waals surface area contributed by atoms with Crippen molar-refractivity contribution in [2.75, 3.05) is 20.3 Å². The monoisotopic (exact) mass is 411 g/mol. The van der Waals surface area contributed by atoms with Crippen LogP contribution in [0.2, 0.25) is 0 Å². The second kappa shape index (κ2) is 8.07. The Kier molecular flexibility index (Phi) is 5.85. The number of Topliss-reactive ketones (excluding diaryl/α,β-unsaturated/α-hetero) is 1. The number of methoxy groups -OCH3 is 1. The van der Waals surface area contributed by atoms with E-state index in [4.69, 9.17) is 4.74 Å². The first-order chi connectivity index (χ1) is 14.1. The lowest BCUT2D eigenvalue weighted by Gasteiger charge is -2.24. The van der Waals surface area contributed by atoms with E-state index in [0.29, 0.717) is 12.2 Å². The third kappa shape index (κ3) is 3.54. The summed E-state index contributed by atoms with van der Waals surface area (Å²) in [5.41, 5.74) is 2.69. The predicted octanol–water partition coefficient (Wildman–Crippen LogP) is 3.27. The zero-order valence-electron chi connectivity index (χ0n) is 18.4. The lowest BCUT2D eigenvalue weighted by atomic mass is 9.88. The van der Waals surface area contributed by atoms with E-state index >= 15 is 0 Å². The van der Waals surface area contributed by atoms with Crippen molar-refractivity contribution in [3.63, 3.8) is 0 Å². The molecule has 2 aromatic rings. The molecule has 1 fully saturated rings. The Hall–Kier alpha value is -2.93. The van der Waals surface area contributed by atoms with Crippen LogP contribution in [0.15, 0.2) is 30.3 Å². The fraction of sp³-hybridized carbons (Fsp3) is 0.435. The molecule has 0 saturated carbocycles. The van der Waals surface area contributed by atoms with Crippen molar-refractivity contribution in [1.29, 1.82) is 0 Å². The third-order valence-electron chi connectivity index (χ3n) is 5.89.